The van der Waals surface area contributed by atoms with E-state index in [4.69, 9.17) is 0 Å². The maximum absolute atomic E-state index is 13.0. The minimum Gasteiger partial charge on any atom is -0.323 e. The van der Waals surface area contributed by atoms with E-state index in [0.717, 1.165) is 23.7 Å². The highest BCUT2D eigenvalue weighted by atomic mass is 28.3. The molecule has 5 heteroatoms. The van der Waals surface area contributed by atoms with Crippen LogP contribution in [0.1, 0.15) is 53.8 Å². The first-order valence-corrected chi connectivity index (χ1v) is 13.3. The third-order valence-electron chi connectivity index (χ3n) is 6.97. The zero-order chi connectivity index (χ0) is 19.7. The molecule has 4 nitrogen and oxygen atoms in total. The average Bonchev–Trinajstić information content (AvgIpc) is 2.74. The molecule has 0 spiro atoms. The van der Waals surface area contributed by atoms with Gasteiger partial charge in [0, 0.05) is 23.1 Å². The summed E-state index contributed by atoms with van der Waals surface area (Å²) < 4.78 is 2.75. The van der Waals surface area contributed by atoms with Crippen LogP contribution in [0.4, 0.5) is 0 Å². The van der Waals surface area contributed by atoms with Gasteiger partial charge in [-0.15, -0.1) is 0 Å². The van der Waals surface area contributed by atoms with E-state index in [9.17, 15) is 9.59 Å². The van der Waals surface area contributed by atoms with Gasteiger partial charge in [-0.1, -0.05) is 44.5 Å². The Morgan fingerprint density at radius 3 is 2.14 bits per heavy atom. The number of carbonyl (C=O) groups excluding carboxylic acids is 2. The Balaban J connectivity index is 1.50. The third-order valence-corrected chi connectivity index (χ3v) is 12.7. The fourth-order valence-corrected chi connectivity index (χ4v) is 9.85. The van der Waals surface area contributed by atoms with Gasteiger partial charge in [0.25, 0.3) is 11.8 Å². The van der Waals surface area contributed by atoms with Gasteiger partial charge in [-0.2, -0.15) is 0 Å². The van der Waals surface area contributed by atoms with Gasteiger partial charge in [0.05, 0.1) is 0 Å². The molecular weight excluding hydrogens is 364 g/mol. The van der Waals surface area contributed by atoms with E-state index in [0.29, 0.717) is 17.7 Å². The zero-order valence-corrected chi connectivity index (χ0v) is 18.0. The lowest BCUT2D eigenvalue weighted by atomic mass is 9.94. The number of hydrogen-bond acceptors (Lipinski definition) is 3. The summed E-state index contributed by atoms with van der Waals surface area (Å²) >= 11 is 0. The van der Waals surface area contributed by atoms with Crippen molar-refractivity contribution < 1.29 is 9.59 Å². The quantitative estimate of drug-likeness (QED) is 0.516. The van der Waals surface area contributed by atoms with Crippen LogP contribution in [0.2, 0.25) is 18.1 Å². The molecule has 4 rings (SSSR count). The van der Waals surface area contributed by atoms with Crippen molar-refractivity contribution >= 4 is 30.8 Å². The predicted molar refractivity (Wildman–Crippen MR) is 116 cm³/mol. The van der Waals surface area contributed by atoms with E-state index in [1.165, 1.54) is 42.4 Å². The van der Waals surface area contributed by atoms with Gasteiger partial charge in [-0.25, -0.2) is 0 Å². The molecule has 148 valence electrons. The first kappa shape index (κ1) is 19.3. The minimum absolute atomic E-state index is 0.137. The van der Waals surface area contributed by atoms with E-state index in [1.807, 2.05) is 36.4 Å². The Labute approximate surface area is 168 Å². The summed E-state index contributed by atoms with van der Waals surface area (Å²) in [7, 11) is -1.33. The molecule has 0 aromatic heterocycles. The number of nitrogens with zero attached hydrogens (tertiary/aromatic N) is 2. The minimum atomic E-state index is -1.33. The lowest BCUT2D eigenvalue weighted by molar-refractivity contribution is 0.0606. The molecule has 0 radical (unpaired) electrons. The lowest BCUT2D eigenvalue weighted by Gasteiger charge is -2.45. The fraction of sp³-hybridized carbons (Fsp3) is 0.478. The number of imide groups is 1. The lowest BCUT2D eigenvalue weighted by Crippen LogP contribution is -2.56. The van der Waals surface area contributed by atoms with E-state index in [-0.39, 0.29) is 11.8 Å². The molecular formula is C23H30N2O2Si. The summed E-state index contributed by atoms with van der Waals surface area (Å²) in [5.74, 6) is -0.273. The third kappa shape index (κ3) is 3.10. The molecule has 0 unspecified atom stereocenters. The number of rotatable bonds is 6. The molecule has 28 heavy (non-hydrogen) atoms. The Hall–Kier alpha value is -1.98. The van der Waals surface area contributed by atoms with E-state index < -0.39 is 8.24 Å². The van der Waals surface area contributed by atoms with Gasteiger partial charge in [0.2, 0.25) is 0 Å². The Kier molecular flexibility index (Phi) is 5.39. The van der Waals surface area contributed by atoms with Gasteiger partial charge >= 0.3 is 0 Å². The van der Waals surface area contributed by atoms with Crippen LogP contribution < -0.4 is 0 Å². The van der Waals surface area contributed by atoms with Crippen LogP contribution >= 0.6 is 0 Å². The topological polar surface area (TPSA) is 40.6 Å². The Bertz CT molecular complexity index is 856. The van der Waals surface area contributed by atoms with Crippen LogP contribution in [-0.2, 0) is 0 Å². The highest BCUT2D eigenvalue weighted by Gasteiger charge is 2.38. The number of carbonyl (C=O) groups is 2. The average molecular weight is 395 g/mol. The molecule has 0 atom stereocenters. The second-order valence-corrected chi connectivity index (χ2v) is 13.2. The van der Waals surface area contributed by atoms with Crippen molar-refractivity contribution in [3.05, 3.63) is 47.5 Å². The SMILES string of the molecule is CC[Si]1(CC)CCCCN1CCCN1C(=O)c2cccc3cccc(c23)C1=O. The summed E-state index contributed by atoms with van der Waals surface area (Å²) in [6, 6.07) is 15.5. The van der Waals surface area contributed by atoms with Crippen molar-refractivity contribution in [2.45, 2.75) is 51.2 Å². The zero-order valence-electron chi connectivity index (χ0n) is 17.0. The largest absolute Gasteiger partial charge is 0.323 e. The van der Waals surface area contributed by atoms with Crippen LogP contribution in [0.25, 0.3) is 10.8 Å². The van der Waals surface area contributed by atoms with Gasteiger partial charge in [-0.05, 0) is 61.6 Å². The molecule has 0 bridgehead atoms. The van der Waals surface area contributed by atoms with Crippen molar-refractivity contribution in [1.29, 1.82) is 0 Å². The Morgan fingerprint density at radius 1 is 0.893 bits per heavy atom. The first-order chi connectivity index (χ1) is 13.6. The molecule has 0 N–H and O–H groups in total. The molecule has 0 aliphatic carbocycles. The van der Waals surface area contributed by atoms with Crippen LogP contribution in [0, 0.1) is 0 Å². The van der Waals surface area contributed by atoms with E-state index in [2.05, 4.69) is 18.4 Å². The molecule has 1 saturated heterocycles. The second kappa shape index (κ2) is 7.80. The highest BCUT2D eigenvalue weighted by molar-refractivity contribution is 6.77. The summed E-state index contributed by atoms with van der Waals surface area (Å²) in [6.07, 6.45) is 3.52. The molecule has 1 fully saturated rings. The summed E-state index contributed by atoms with van der Waals surface area (Å²) in [5.41, 5.74) is 1.33. The number of benzene rings is 2. The van der Waals surface area contributed by atoms with Gasteiger partial charge in [-0.3, -0.25) is 14.5 Å². The highest BCUT2D eigenvalue weighted by Crippen LogP contribution is 2.33. The maximum atomic E-state index is 13.0. The van der Waals surface area contributed by atoms with E-state index >= 15 is 0 Å². The normalized spacial score (nSPS) is 19.4. The van der Waals surface area contributed by atoms with Crippen molar-refractivity contribution in [1.82, 2.24) is 9.47 Å². The Morgan fingerprint density at radius 2 is 1.54 bits per heavy atom. The first-order valence-electron chi connectivity index (χ1n) is 10.7. The summed E-state index contributed by atoms with van der Waals surface area (Å²) in [6.45, 7) is 7.41. The molecule has 2 aliphatic rings. The molecule has 0 saturated carbocycles. The van der Waals surface area contributed by atoms with Crippen molar-refractivity contribution in [2.75, 3.05) is 19.6 Å². The maximum Gasteiger partial charge on any atom is 0.261 e. The number of amides is 2. The summed E-state index contributed by atoms with van der Waals surface area (Å²) in [4.78, 5) is 27.5. The standard InChI is InChI=1S/C23H30N2O2Si/c1-3-28(4-2)17-6-5-14-24(28)15-9-16-25-22(26)19-12-7-10-18-11-8-13-20(21(18)19)23(25)27/h7-8,10-13H,3-6,9,14-17H2,1-2H3. The number of hydrogen-bond donors (Lipinski definition) is 0. The molecule has 2 aromatic rings. The smallest absolute Gasteiger partial charge is 0.261 e. The van der Waals surface area contributed by atoms with Gasteiger partial charge < -0.3 is 4.57 Å². The molecule has 2 amide bonds. The van der Waals surface area contributed by atoms with Gasteiger partial charge in [0.1, 0.15) is 8.24 Å². The molecule has 2 aliphatic heterocycles. The molecule has 2 heterocycles. The van der Waals surface area contributed by atoms with Crippen molar-refractivity contribution in [3.8, 4) is 0 Å². The monoisotopic (exact) mass is 394 g/mol. The fourth-order valence-electron chi connectivity index (χ4n) is 5.25. The van der Waals surface area contributed by atoms with Crippen LogP contribution in [-0.4, -0.2) is 49.1 Å². The van der Waals surface area contributed by atoms with Crippen LogP contribution in [0.3, 0.4) is 0 Å². The second-order valence-electron chi connectivity index (χ2n) is 8.20. The van der Waals surface area contributed by atoms with Crippen molar-refractivity contribution in [2.24, 2.45) is 0 Å². The molecule has 2 aromatic carbocycles. The van der Waals surface area contributed by atoms with Crippen LogP contribution in [0.15, 0.2) is 36.4 Å². The van der Waals surface area contributed by atoms with Gasteiger partial charge in [0.15, 0.2) is 0 Å². The van der Waals surface area contributed by atoms with Crippen LogP contribution in [0.5, 0.6) is 0 Å². The predicted octanol–water partition coefficient (Wildman–Crippen LogP) is 4.91. The van der Waals surface area contributed by atoms with E-state index in [1.54, 1.807) is 0 Å². The van der Waals surface area contributed by atoms with Crippen molar-refractivity contribution in [3.63, 3.8) is 0 Å². The summed E-state index contributed by atoms with van der Waals surface area (Å²) in [5, 5.41) is 1.78.